The fraction of sp³-hybridized carbons (Fsp3) is 0.440. The maximum absolute atomic E-state index is 14.0. The van der Waals surface area contributed by atoms with E-state index in [9.17, 15) is 37.4 Å². The molecule has 0 spiro atoms. The molecule has 0 fully saturated rings. The fourth-order valence-corrected chi connectivity index (χ4v) is 17.9. The molecule has 0 heterocycles. The first-order valence-electron chi connectivity index (χ1n) is 32.7. The number of carbonyl (C=O) groups excluding carboxylic acids is 4. The Bertz CT molecular complexity index is 3710. The zero-order valence-electron chi connectivity index (χ0n) is 59.7. The number of rotatable bonds is 25. The lowest BCUT2D eigenvalue weighted by Crippen LogP contribution is -2.40. The molecule has 7 aromatic rings. The Hall–Kier alpha value is -6.66. The van der Waals surface area contributed by atoms with Crippen LogP contribution in [0.3, 0.4) is 0 Å². The van der Waals surface area contributed by atoms with E-state index >= 15 is 0 Å². The smallest absolute Gasteiger partial charge is 0.323 e. The Morgan fingerprint density at radius 2 is 0.771 bits per heavy atom. The van der Waals surface area contributed by atoms with Crippen LogP contribution in [0.2, 0.25) is 0 Å². The van der Waals surface area contributed by atoms with Crippen LogP contribution in [0.25, 0.3) is 21.5 Å². The molecule has 0 aliphatic heterocycles. The van der Waals surface area contributed by atoms with Crippen LogP contribution in [0, 0.1) is 11.3 Å². The molecule has 4 unspecified atom stereocenters. The monoisotopic (exact) mass is 1400 g/mol. The number of benzene rings is 7. The summed E-state index contributed by atoms with van der Waals surface area (Å²) in [5.74, 6) is -1.01. The molecule has 17 nitrogen and oxygen atoms in total. The van der Waals surface area contributed by atoms with Gasteiger partial charge in [0.15, 0.2) is 14.6 Å². The van der Waals surface area contributed by atoms with Gasteiger partial charge in [0.25, 0.3) is 7.37 Å². The van der Waals surface area contributed by atoms with Crippen molar-refractivity contribution in [2.24, 2.45) is 11.3 Å². The second kappa shape index (κ2) is 36.8. The van der Waals surface area contributed by atoms with Gasteiger partial charge in [-0.3, -0.25) is 28.3 Å². The molecule has 524 valence electrons. The van der Waals surface area contributed by atoms with Gasteiger partial charge < -0.3 is 37.1 Å². The van der Waals surface area contributed by atoms with Gasteiger partial charge >= 0.3 is 31.4 Å². The third-order valence-electron chi connectivity index (χ3n) is 15.2. The number of nitrogens with one attached hydrogen (secondary N) is 3. The Morgan fingerprint density at radius 3 is 1.16 bits per heavy atom. The van der Waals surface area contributed by atoms with E-state index in [0.717, 1.165) is 37.7 Å². The highest BCUT2D eigenvalue weighted by Gasteiger charge is 2.44. The van der Waals surface area contributed by atoms with Gasteiger partial charge in [-0.05, 0) is 89.3 Å². The molecular weight excluding hydrogens is 1290 g/mol. The van der Waals surface area contributed by atoms with Crippen molar-refractivity contribution < 1.29 is 65.4 Å². The van der Waals surface area contributed by atoms with Crippen LogP contribution in [0.5, 0.6) is 11.5 Å². The van der Waals surface area contributed by atoms with Gasteiger partial charge in [-0.25, -0.2) is 15.3 Å². The van der Waals surface area contributed by atoms with Crippen LogP contribution in [0.15, 0.2) is 176 Å². The predicted octanol–water partition coefficient (Wildman–Crippen LogP) is 17.5. The molecule has 7 aromatic carbocycles. The maximum atomic E-state index is 14.0. The third-order valence-corrected chi connectivity index (χ3v) is 28.3. The molecule has 0 aliphatic rings. The van der Waals surface area contributed by atoms with Crippen molar-refractivity contribution in [3.8, 4) is 11.5 Å². The summed E-state index contributed by atoms with van der Waals surface area (Å²) in [6.07, 6.45) is 0.118. The molecule has 8 atom stereocenters. The number of ether oxygens (including phenoxy) is 4. The minimum atomic E-state index is -3.45. The van der Waals surface area contributed by atoms with E-state index in [0.29, 0.717) is 31.3 Å². The SMILES string of the molecule is CCOC(=O)[C@@H](C)NP(=O)(c1ccccc1)C(C)C.CCOC(=O)[C@H](C)NP(=O)(c1ccccc1)C(C)C.C[C@@H](CP(=O)(Oc1cccc2ccccc12)C(C)(C)C)C(=O)OCc1ccccc1.C[C@@H](NP(=O)(Oc1cccc2ccccc12)C(C)(C)C)C(=O)OCC(C)(C)C. The summed E-state index contributed by atoms with van der Waals surface area (Å²) in [6, 6.07) is 53.0. The number of fused-ring (bicyclic) bond motifs is 2. The highest BCUT2D eigenvalue weighted by molar-refractivity contribution is 7.70. The Kier molecular flexibility index (Phi) is 31.3. The van der Waals surface area contributed by atoms with Crippen LogP contribution in [0.1, 0.15) is 137 Å². The first-order chi connectivity index (χ1) is 44.8. The topological polar surface area (TPSA) is 228 Å². The Balaban J connectivity index is 0.000000278. The number of carbonyl (C=O) groups is 4. The molecule has 0 saturated heterocycles. The summed E-state index contributed by atoms with van der Waals surface area (Å²) in [5.41, 5.74) is 0.602. The van der Waals surface area contributed by atoms with Crippen LogP contribution in [0.4, 0.5) is 0 Å². The molecule has 3 N–H and O–H groups in total. The lowest BCUT2D eigenvalue weighted by Gasteiger charge is -2.33. The van der Waals surface area contributed by atoms with E-state index < -0.39 is 69.8 Å². The molecule has 7 rings (SSSR count). The average Bonchev–Trinajstić information content (AvgIpc) is 0.798. The normalized spacial score (nSPS) is 15.4. The zero-order valence-corrected chi connectivity index (χ0v) is 63.3. The van der Waals surface area contributed by atoms with Crippen molar-refractivity contribution in [2.45, 2.75) is 178 Å². The van der Waals surface area contributed by atoms with Crippen molar-refractivity contribution >= 4 is 85.5 Å². The van der Waals surface area contributed by atoms with E-state index in [-0.39, 0.29) is 47.4 Å². The van der Waals surface area contributed by atoms with Gasteiger partial charge in [-0.15, -0.1) is 0 Å². The number of esters is 4. The van der Waals surface area contributed by atoms with Crippen molar-refractivity contribution in [3.05, 3.63) is 181 Å². The highest BCUT2D eigenvalue weighted by Crippen LogP contribution is 2.60. The largest absolute Gasteiger partial charge is 0.465 e. The summed E-state index contributed by atoms with van der Waals surface area (Å²) in [7, 11) is -12.3. The summed E-state index contributed by atoms with van der Waals surface area (Å²) in [5, 5.41) is 12.8. The highest BCUT2D eigenvalue weighted by atomic mass is 31.2. The van der Waals surface area contributed by atoms with E-state index in [4.69, 9.17) is 28.0 Å². The van der Waals surface area contributed by atoms with E-state index in [1.807, 2.05) is 260 Å². The first-order valence-corrected chi connectivity index (χ1v) is 39.7. The van der Waals surface area contributed by atoms with Crippen LogP contribution < -0.4 is 34.9 Å². The maximum Gasteiger partial charge on any atom is 0.323 e. The van der Waals surface area contributed by atoms with E-state index in [1.165, 1.54) is 0 Å². The molecule has 0 amide bonds. The summed E-state index contributed by atoms with van der Waals surface area (Å²) >= 11 is 0. The molecule has 0 saturated carbocycles. The lowest BCUT2D eigenvalue weighted by atomic mass is 9.99. The van der Waals surface area contributed by atoms with Crippen LogP contribution >= 0.6 is 29.5 Å². The summed E-state index contributed by atoms with van der Waals surface area (Å²) < 4.78 is 87.1. The summed E-state index contributed by atoms with van der Waals surface area (Å²) in [4.78, 5) is 48.3. The second-order valence-corrected chi connectivity index (χ2v) is 39.6. The average molecular weight is 1400 g/mol. The molecule has 0 aliphatic carbocycles. The first kappa shape index (κ1) is 81.8. The second-order valence-electron chi connectivity index (χ2n) is 27.3. The number of hydrogen-bond acceptors (Lipinski definition) is 14. The Labute approximate surface area is 571 Å². The standard InChI is InChI=1S/C25H29O4P.C22H32NO4P.2C14H22NO3P/c1-19(24(26)28-17-20-11-6-5-7-12-20)18-30(27,25(2,3)4)29-23-16-10-14-21-13-8-9-15-22(21)23;1-16(20(24)26-15-21(2,3)4)23-28(25,22(5,6)7)27-19-14-10-12-17-11-8-9-13-18(17)19;2*1-5-18-14(16)12(4)15-19(17,11(2)3)13-9-7-6-8-10-13/h5-16,19H,17-18H2,1-4H3;8-14,16H,15H2,1-7H3,(H,23,25);2*6-12H,5H2,1-4H3,(H,15,17)/t19-,30?;16-,28?;2*12-,19?/m0110/s1. The fourth-order valence-electron chi connectivity index (χ4n) is 9.24. The van der Waals surface area contributed by atoms with E-state index in [2.05, 4.69) is 15.3 Å². The van der Waals surface area contributed by atoms with Gasteiger partial charge in [0.05, 0.1) is 30.9 Å². The zero-order chi connectivity index (χ0) is 71.9. The van der Waals surface area contributed by atoms with E-state index in [1.54, 1.807) is 47.6 Å². The molecular formula is C75H105N3O14P4. The van der Waals surface area contributed by atoms with Crippen molar-refractivity contribution in [1.82, 2.24) is 15.3 Å². The van der Waals surface area contributed by atoms with Crippen LogP contribution in [-0.2, 0) is 63.0 Å². The molecule has 21 heteroatoms. The van der Waals surface area contributed by atoms with Crippen molar-refractivity contribution in [2.75, 3.05) is 26.0 Å². The minimum Gasteiger partial charge on any atom is -0.465 e. The Morgan fingerprint density at radius 1 is 0.406 bits per heavy atom. The van der Waals surface area contributed by atoms with Crippen molar-refractivity contribution in [1.29, 1.82) is 0 Å². The molecule has 0 radical (unpaired) electrons. The number of hydrogen-bond donors (Lipinski definition) is 3. The van der Waals surface area contributed by atoms with Gasteiger partial charge in [-0.1, -0.05) is 240 Å². The molecule has 0 bridgehead atoms. The van der Waals surface area contributed by atoms with Gasteiger partial charge in [0.1, 0.15) is 36.2 Å². The lowest BCUT2D eigenvalue weighted by molar-refractivity contribution is -0.149. The van der Waals surface area contributed by atoms with Gasteiger partial charge in [-0.2, -0.15) is 0 Å². The quantitative estimate of drug-likeness (QED) is 0.0274. The molecule has 0 aromatic heterocycles. The summed E-state index contributed by atoms with van der Waals surface area (Å²) in [6.45, 7) is 36.1. The van der Waals surface area contributed by atoms with Gasteiger partial charge in [0, 0.05) is 44.0 Å². The van der Waals surface area contributed by atoms with Crippen LogP contribution in [-0.4, -0.2) is 89.6 Å². The minimum absolute atomic E-state index is 0.0909. The third kappa shape index (κ3) is 24.1. The molecule has 96 heavy (non-hydrogen) atoms. The van der Waals surface area contributed by atoms with Crippen molar-refractivity contribution in [3.63, 3.8) is 0 Å². The predicted molar refractivity (Wildman–Crippen MR) is 393 cm³/mol. The van der Waals surface area contributed by atoms with Gasteiger partial charge in [0.2, 0.25) is 0 Å².